The molecule has 0 radical (unpaired) electrons. The summed E-state index contributed by atoms with van der Waals surface area (Å²) in [5, 5.41) is 0.599. The maximum Gasteiger partial charge on any atom is 0.318 e. The molecule has 1 aromatic heterocycles. The fourth-order valence-electron chi connectivity index (χ4n) is 4.07. The summed E-state index contributed by atoms with van der Waals surface area (Å²) in [6, 6.07) is 29.6. The number of nitrogens with zero attached hydrogens (tertiary/aromatic N) is 1. The van der Waals surface area contributed by atoms with Gasteiger partial charge in [-0.3, -0.25) is 4.79 Å². The molecule has 0 bridgehead atoms. The Balaban J connectivity index is 1.68. The molecule has 3 aromatic carbocycles. The summed E-state index contributed by atoms with van der Waals surface area (Å²) < 4.78 is 8.01. The Kier molecular flexibility index (Phi) is 6.77. The Morgan fingerprint density at radius 1 is 0.875 bits per heavy atom. The van der Waals surface area contributed by atoms with E-state index < -0.39 is 5.92 Å². The summed E-state index contributed by atoms with van der Waals surface area (Å²) in [5.74, 6) is -0.829. The van der Waals surface area contributed by atoms with Crippen LogP contribution in [0.4, 0.5) is 0 Å². The first-order valence-electron chi connectivity index (χ1n) is 10.7. The Bertz CT molecular complexity index is 1200. The molecule has 0 aliphatic heterocycles. The van der Waals surface area contributed by atoms with Crippen molar-refractivity contribution in [3.8, 4) is 0 Å². The molecule has 0 aliphatic carbocycles. The largest absolute Gasteiger partial charge is 0.460 e. The van der Waals surface area contributed by atoms with Crippen molar-refractivity contribution < 1.29 is 9.53 Å². The number of esters is 1. The fourth-order valence-corrected chi connectivity index (χ4v) is 4.27. The van der Waals surface area contributed by atoms with Gasteiger partial charge in [-0.2, -0.15) is 0 Å². The van der Waals surface area contributed by atoms with Gasteiger partial charge in [0.15, 0.2) is 0 Å². The molecule has 0 N–H and O–H groups in total. The fraction of sp³-hybridized carbons (Fsp3) is 0.179. The number of hydrogen-bond acceptors (Lipinski definition) is 2. The van der Waals surface area contributed by atoms with Crippen LogP contribution in [0.2, 0.25) is 5.02 Å². The van der Waals surface area contributed by atoms with E-state index in [1.807, 2.05) is 72.8 Å². The van der Waals surface area contributed by atoms with Crippen LogP contribution in [0.3, 0.4) is 0 Å². The minimum Gasteiger partial charge on any atom is -0.460 e. The Morgan fingerprint density at radius 2 is 1.53 bits per heavy atom. The van der Waals surface area contributed by atoms with Crippen LogP contribution in [0, 0.1) is 13.8 Å². The highest BCUT2D eigenvalue weighted by molar-refractivity contribution is 6.30. The number of ether oxygens (including phenoxy) is 1. The van der Waals surface area contributed by atoms with Crippen LogP contribution in [0.1, 0.15) is 39.6 Å². The molecule has 0 spiro atoms. The second-order valence-corrected chi connectivity index (χ2v) is 8.42. The first-order chi connectivity index (χ1) is 15.5. The normalized spacial score (nSPS) is 11.8. The maximum absolute atomic E-state index is 13.4. The van der Waals surface area contributed by atoms with Crippen LogP contribution < -0.4 is 0 Å². The number of carbonyl (C=O) groups excluding carboxylic acids is 1. The van der Waals surface area contributed by atoms with Crippen molar-refractivity contribution in [1.29, 1.82) is 0 Å². The Hall–Kier alpha value is -3.30. The van der Waals surface area contributed by atoms with E-state index in [0.29, 0.717) is 5.02 Å². The van der Waals surface area contributed by atoms with E-state index in [0.717, 1.165) is 34.6 Å². The summed E-state index contributed by atoms with van der Waals surface area (Å²) >= 11 is 6.28. The summed E-state index contributed by atoms with van der Waals surface area (Å²) in [6.07, 6.45) is 0. The van der Waals surface area contributed by atoms with Gasteiger partial charge in [0.25, 0.3) is 0 Å². The van der Waals surface area contributed by atoms with Crippen LogP contribution in [0.25, 0.3) is 0 Å². The van der Waals surface area contributed by atoms with Gasteiger partial charge in [0.2, 0.25) is 0 Å². The van der Waals surface area contributed by atoms with Crippen LogP contribution >= 0.6 is 11.6 Å². The van der Waals surface area contributed by atoms with Gasteiger partial charge in [0, 0.05) is 23.0 Å². The third-order valence-electron chi connectivity index (χ3n) is 5.75. The number of aryl methyl sites for hydroxylation is 1. The van der Waals surface area contributed by atoms with Crippen LogP contribution in [0.15, 0.2) is 91.0 Å². The first-order valence-corrected chi connectivity index (χ1v) is 11.1. The second-order valence-electron chi connectivity index (χ2n) is 7.98. The van der Waals surface area contributed by atoms with Crippen molar-refractivity contribution in [2.24, 2.45) is 0 Å². The molecule has 0 saturated carbocycles. The van der Waals surface area contributed by atoms with Crippen molar-refractivity contribution in [3.05, 3.63) is 130 Å². The van der Waals surface area contributed by atoms with Gasteiger partial charge in [-0.05, 0) is 54.3 Å². The van der Waals surface area contributed by atoms with E-state index in [9.17, 15) is 4.79 Å². The van der Waals surface area contributed by atoms with Crippen molar-refractivity contribution in [2.45, 2.75) is 32.9 Å². The van der Waals surface area contributed by atoms with E-state index in [1.54, 1.807) is 0 Å². The molecule has 1 heterocycles. The number of carbonyl (C=O) groups is 1. The summed E-state index contributed by atoms with van der Waals surface area (Å²) in [6.45, 7) is 5.12. The zero-order valence-electron chi connectivity index (χ0n) is 18.3. The Labute approximate surface area is 194 Å². The van der Waals surface area contributed by atoms with Gasteiger partial charge in [-0.25, -0.2) is 0 Å². The highest BCUT2D eigenvalue weighted by atomic mass is 35.5. The highest BCUT2D eigenvalue weighted by Gasteiger charge is 2.28. The number of rotatable bonds is 7. The standard InChI is InChI=1S/C28H26ClNO2/c1-20-16-26(21(2)30(20)18-22-10-5-3-6-11-22)27(24-14-9-15-25(29)17-24)28(31)32-19-23-12-7-4-8-13-23/h3-17,27H,18-19H2,1-2H3. The zero-order valence-corrected chi connectivity index (χ0v) is 19.0. The Morgan fingerprint density at radius 3 is 2.19 bits per heavy atom. The number of hydrogen-bond donors (Lipinski definition) is 0. The van der Waals surface area contributed by atoms with Crippen molar-refractivity contribution in [1.82, 2.24) is 4.57 Å². The average Bonchev–Trinajstić information content (AvgIpc) is 3.07. The predicted molar refractivity (Wildman–Crippen MR) is 129 cm³/mol. The molecule has 32 heavy (non-hydrogen) atoms. The van der Waals surface area contributed by atoms with E-state index in [1.165, 1.54) is 5.56 Å². The van der Waals surface area contributed by atoms with Crippen molar-refractivity contribution in [3.63, 3.8) is 0 Å². The lowest BCUT2D eigenvalue weighted by Crippen LogP contribution is -2.18. The van der Waals surface area contributed by atoms with Crippen LogP contribution in [-0.4, -0.2) is 10.5 Å². The molecule has 0 fully saturated rings. The monoisotopic (exact) mass is 443 g/mol. The molecular weight excluding hydrogens is 418 g/mol. The molecule has 0 amide bonds. The van der Waals surface area contributed by atoms with Gasteiger partial charge in [0.05, 0.1) is 0 Å². The number of benzene rings is 3. The van der Waals surface area contributed by atoms with Crippen LogP contribution in [0.5, 0.6) is 0 Å². The molecule has 1 atom stereocenters. The first kappa shape index (κ1) is 21.9. The molecular formula is C28H26ClNO2. The van der Waals surface area contributed by atoms with E-state index in [4.69, 9.17) is 16.3 Å². The number of halogens is 1. The van der Waals surface area contributed by atoms with E-state index in [-0.39, 0.29) is 12.6 Å². The topological polar surface area (TPSA) is 31.2 Å². The SMILES string of the molecule is Cc1cc(C(C(=O)OCc2ccccc2)c2cccc(Cl)c2)c(C)n1Cc1ccccc1. The third-order valence-corrected chi connectivity index (χ3v) is 5.98. The summed E-state index contributed by atoms with van der Waals surface area (Å²) in [4.78, 5) is 13.4. The van der Waals surface area contributed by atoms with E-state index in [2.05, 4.69) is 36.6 Å². The minimum atomic E-state index is -0.548. The quantitative estimate of drug-likeness (QED) is 0.298. The van der Waals surface area contributed by atoms with Gasteiger partial charge < -0.3 is 9.30 Å². The summed E-state index contributed by atoms with van der Waals surface area (Å²) in [7, 11) is 0. The molecule has 162 valence electrons. The van der Waals surface area contributed by atoms with Gasteiger partial charge in [-0.15, -0.1) is 0 Å². The highest BCUT2D eigenvalue weighted by Crippen LogP contribution is 2.33. The van der Waals surface area contributed by atoms with Gasteiger partial charge in [0.1, 0.15) is 12.5 Å². The average molecular weight is 444 g/mol. The molecule has 4 aromatic rings. The lowest BCUT2D eigenvalue weighted by molar-refractivity contribution is -0.145. The molecule has 4 rings (SSSR count). The molecule has 0 aliphatic rings. The lowest BCUT2D eigenvalue weighted by atomic mass is 9.91. The third kappa shape index (κ3) is 4.95. The smallest absolute Gasteiger partial charge is 0.318 e. The second kappa shape index (κ2) is 9.88. The number of aromatic nitrogens is 1. The van der Waals surface area contributed by atoms with Crippen molar-refractivity contribution in [2.75, 3.05) is 0 Å². The molecule has 0 saturated heterocycles. The molecule has 1 unspecified atom stereocenters. The summed E-state index contributed by atoms with van der Waals surface area (Å²) in [5.41, 5.74) is 6.10. The minimum absolute atomic E-state index is 0.236. The van der Waals surface area contributed by atoms with Gasteiger partial charge >= 0.3 is 5.97 Å². The van der Waals surface area contributed by atoms with Crippen molar-refractivity contribution >= 4 is 17.6 Å². The predicted octanol–water partition coefficient (Wildman–Crippen LogP) is 6.68. The van der Waals surface area contributed by atoms with E-state index >= 15 is 0 Å². The molecule has 4 heteroatoms. The maximum atomic E-state index is 13.4. The van der Waals surface area contributed by atoms with Crippen LogP contribution in [-0.2, 0) is 22.7 Å². The zero-order chi connectivity index (χ0) is 22.5. The lowest BCUT2D eigenvalue weighted by Gasteiger charge is -2.18. The van der Waals surface area contributed by atoms with Gasteiger partial charge in [-0.1, -0.05) is 84.4 Å². The molecule has 3 nitrogen and oxygen atoms in total.